The number of carbonyl (C=O) groups is 1. The van der Waals surface area contributed by atoms with Gasteiger partial charge in [-0.25, -0.2) is 9.78 Å². The van der Waals surface area contributed by atoms with Crippen molar-refractivity contribution in [3.63, 3.8) is 0 Å². The molecule has 98 valence electrons. The lowest BCUT2D eigenvalue weighted by atomic mass is 10.1. The molecule has 0 unspecified atom stereocenters. The number of hydrogen-bond donors (Lipinski definition) is 2. The Morgan fingerprint density at radius 3 is 2.78 bits per heavy atom. The molecular weight excluding hydrogens is 254 g/mol. The highest BCUT2D eigenvalue weighted by Crippen LogP contribution is 2.20. The van der Waals surface area contributed by atoms with Gasteiger partial charge in [0, 0.05) is 6.04 Å². The van der Waals surface area contributed by atoms with Gasteiger partial charge in [-0.05, 0) is 45.1 Å². The smallest absolute Gasteiger partial charge is 0.339 e. The second-order valence-corrected chi connectivity index (χ2v) is 4.94. The van der Waals surface area contributed by atoms with Crippen molar-refractivity contribution in [3.8, 4) is 0 Å². The Morgan fingerprint density at radius 1 is 1.50 bits per heavy atom. The van der Waals surface area contributed by atoms with Crippen LogP contribution in [-0.2, 0) is 0 Å². The molecule has 0 radical (unpaired) electrons. The number of rotatable bonds is 3. The Kier molecular flexibility index (Phi) is 4.04. The highest BCUT2D eigenvalue weighted by Gasteiger charge is 2.19. The first-order valence-electron chi connectivity index (χ1n) is 5.91. The van der Waals surface area contributed by atoms with Crippen LogP contribution in [0.3, 0.4) is 0 Å². The summed E-state index contributed by atoms with van der Waals surface area (Å²) >= 11 is 5.81. The first-order valence-corrected chi connectivity index (χ1v) is 6.29. The van der Waals surface area contributed by atoms with E-state index < -0.39 is 5.97 Å². The monoisotopic (exact) mass is 269 g/mol. The largest absolute Gasteiger partial charge is 0.478 e. The molecule has 2 rings (SSSR count). The Balaban J connectivity index is 2.12. The molecule has 18 heavy (non-hydrogen) atoms. The second-order valence-electron chi connectivity index (χ2n) is 4.56. The number of aromatic nitrogens is 1. The van der Waals surface area contributed by atoms with Gasteiger partial charge in [0.1, 0.15) is 16.5 Å². The molecule has 2 N–H and O–H groups in total. The lowest BCUT2D eigenvalue weighted by molar-refractivity contribution is 0.0697. The van der Waals surface area contributed by atoms with Gasteiger partial charge in [-0.1, -0.05) is 11.6 Å². The zero-order valence-corrected chi connectivity index (χ0v) is 10.9. The summed E-state index contributed by atoms with van der Waals surface area (Å²) in [5, 5.41) is 12.6. The summed E-state index contributed by atoms with van der Waals surface area (Å²) < 4.78 is 0. The minimum atomic E-state index is -0.991. The van der Waals surface area contributed by atoms with Crippen LogP contribution in [0.4, 0.5) is 5.82 Å². The molecule has 1 saturated heterocycles. The van der Waals surface area contributed by atoms with Crippen molar-refractivity contribution in [3.05, 3.63) is 22.8 Å². The summed E-state index contributed by atoms with van der Waals surface area (Å²) in [6, 6.07) is 3.23. The maximum atomic E-state index is 11.1. The lowest BCUT2D eigenvalue weighted by Gasteiger charge is -2.30. The van der Waals surface area contributed by atoms with Gasteiger partial charge in [-0.2, -0.15) is 0 Å². The van der Waals surface area contributed by atoms with E-state index in [1.807, 2.05) is 0 Å². The van der Waals surface area contributed by atoms with Gasteiger partial charge >= 0.3 is 5.97 Å². The standard InChI is InChI=1S/C12H16ClN3O2/c1-16-6-4-8(5-7-16)14-11-9(12(17)18)2-3-10(13)15-11/h2-3,8H,4-7H2,1H3,(H,14,15)(H,17,18). The quantitative estimate of drug-likeness (QED) is 0.821. The number of carboxylic acid groups (broad SMARTS) is 1. The minimum Gasteiger partial charge on any atom is -0.478 e. The molecule has 1 aromatic rings. The number of aromatic carboxylic acids is 1. The summed E-state index contributed by atoms with van der Waals surface area (Å²) in [5.41, 5.74) is 0.165. The molecule has 5 nitrogen and oxygen atoms in total. The van der Waals surface area contributed by atoms with Crippen LogP contribution in [-0.4, -0.2) is 47.1 Å². The fraction of sp³-hybridized carbons (Fsp3) is 0.500. The van der Waals surface area contributed by atoms with Gasteiger partial charge in [-0.15, -0.1) is 0 Å². The van der Waals surface area contributed by atoms with Crippen LogP contribution in [0.5, 0.6) is 0 Å². The van der Waals surface area contributed by atoms with E-state index in [2.05, 4.69) is 22.2 Å². The molecule has 0 bridgehead atoms. The molecule has 0 spiro atoms. The third kappa shape index (κ3) is 3.11. The summed E-state index contributed by atoms with van der Waals surface area (Å²) in [4.78, 5) is 17.4. The van der Waals surface area contributed by atoms with Crippen molar-refractivity contribution in [2.24, 2.45) is 0 Å². The van der Waals surface area contributed by atoms with Crippen LogP contribution in [0, 0.1) is 0 Å². The van der Waals surface area contributed by atoms with Crippen molar-refractivity contribution in [2.45, 2.75) is 18.9 Å². The van der Waals surface area contributed by atoms with E-state index in [1.165, 1.54) is 12.1 Å². The molecular formula is C12H16ClN3O2. The number of pyridine rings is 1. The van der Waals surface area contributed by atoms with Crippen LogP contribution in [0.2, 0.25) is 5.15 Å². The zero-order valence-electron chi connectivity index (χ0n) is 10.2. The van der Waals surface area contributed by atoms with Crippen molar-refractivity contribution in [1.29, 1.82) is 0 Å². The number of piperidine rings is 1. The highest BCUT2D eigenvalue weighted by atomic mass is 35.5. The predicted molar refractivity (Wildman–Crippen MR) is 70.3 cm³/mol. The minimum absolute atomic E-state index is 0.165. The van der Waals surface area contributed by atoms with Gasteiger partial charge in [0.15, 0.2) is 0 Å². The molecule has 0 amide bonds. The molecule has 2 heterocycles. The van der Waals surface area contributed by atoms with Gasteiger partial charge in [0.05, 0.1) is 0 Å². The number of halogens is 1. The maximum Gasteiger partial charge on any atom is 0.339 e. The van der Waals surface area contributed by atoms with Gasteiger partial charge in [-0.3, -0.25) is 0 Å². The average molecular weight is 270 g/mol. The average Bonchev–Trinajstić information content (AvgIpc) is 2.32. The fourth-order valence-electron chi connectivity index (χ4n) is 2.06. The Morgan fingerprint density at radius 2 is 2.17 bits per heavy atom. The van der Waals surface area contributed by atoms with E-state index in [0.29, 0.717) is 11.0 Å². The molecule has 1 fully saturated rings. The number of anilines is 1. The topological polar surface area (TPSA) is 65.5 Å². The molecule has 0 atom stereocenters. The van der Waals surface area contributed by atoms with Crippen LogP contribution in [0.1, 0.15) is 23.2 Å². The summed E-state index contributed by atoms with van der Waals surface area (Å²) in [6.07, 6.45) is 1.95. The number of likely N-dealkylation sites (tertiary alicyclic amines) is 1. The Labute approximate surface area is 111 Å². The summed E-state index contributed by atoms with van der Waals surface area (Å²) in [6.45, 7) is 2.00. The van der Waals surface area contributed by atoms with Crippen molar-refractivity contribution >= 4 is 23.4 Å². The number of carboxylic acids is 1. The summed E-state index contributed by atoms with van der Waals surface area (Å²) in [5.74, 6) is -0.626. The number of nitrogens with zero attached hydrogens (tertiary/aromatic N) is 2. The first kappa shape index (κ1) is 13.1. The van der Waals surface area contributed by atoms with Crippen molar-refractivity contribution in [2.75, 3.05) is 25.5 Å². The normalized spacial score (nSPS) is 17.7. The molecule has 0 aromatic carbocycles. The third-order valence-corrected chi connectivity index (χ3v) is 3.36. The van der Waals surface area contributed by atoms with Gasteiger partial charge < -0.3 is 15.3 Å². The Bertz CT molecular complexity index is 445. The Hall–Kier alpha value is -1.33. The zero-order chi connectivity index (χ0) is 13.1. The van der Waals surface area contributed by atoms with E-state index in [9.17, 15) is 4.79 Å². The third-order valence-electron chi connectivity index (χ3n) is 3.15. The van der Waals surface area contributed by atoms with Gasteiger partial charge in [0.2, 0.25) is 0 Å². The van der Waals surface area contributed by atoms with Crippen LogP contribution in [0.25, 0.3) is 0 Å². The second kappa shape index (κ2) is 5.54. The highest BCUT2D eigenvalue weighted by molar-refractivity contribution is 6.29. The fourth-order valence-corrected chi connectivity index (χ4v) is 2.21. The molecule has 6 heteroatoms. The molecule has 0 aliphatic carbocycles. The van der Waals surface area contributed by atoms with E-state index >= 15 is 0 Å². The van der Waals surface area contributed by atoms with Crippen LogP contribution >= 0.6 is 11.6 Å². The molecule has 1 aromatic heterocycles. The van der Waals surface area contributed by atoms with Crippen LogP contribution < -0.4 is 5.32 Å². The predicted octanol–water partition coefficient (Wildman–Crippen LogP) is 1.94. The van der Waals surface area contributed by atoms with Crippen LogP contribution in [0.15, 0.2) is 12.1 Å². The van der Waals surface area contributed by atoms with Gasteiger partial charge in [0.25, 0.3) is 0 Å². The molecule has 0 saturated carbocycles. The maximum absolute atomic E-state index is 11.1. The summed E-state index contributed by atoms with van der Waals surface area (Å²) in [7, 11) is 2.08. The number of nitrogens with one attached hydrogen (secondary N) is 1. The van der Waals surface area contributed by atoms with E-state index in [0.717, 1.165) is 25.9 Å². The van der Waals surface area contributed by atoms with E-state index in [1.54, 1.807) is 0 Å². The lowest BCUT2D eigenvalue weighted by Crippen LogP contribution is -2.37. The molecule has 1 aliphatic rings. The first-order chi connectivity index (χ1) is 8.56. The van der Waals surface area contributed by atoms with E-state index in [-0.39, 0.29) is 11.6 Å². The molecule has 1 aliphatic heterocycles. The SMILES string of the molecule is CN1CCC(Nc2nc(Cl)ccc2C(=O)O)CC1. The number of hydrogen-bond acceptors (Lipinski definition) is 4. The van der Waals surface area contributed by atoms with Crippen molar-refractivity contribution < 1.29 is 9.90 Å². The van der Waals surface area contributed by atoms with E-state index in [4.69, 9.17) is 16.7 Å². The van der Waals surface area contributed by atoms with Crippen molar-refractivity contribution in [1.82, 2.24) is 9.88 Å².